The summed E-state index contributed by atoms with van der Waals surface area (Å²) in [6.07, 6.45) is 42.5. The van der Waals surface area contributed by atoms with E-state index in [2.05, 4.69) is 74.6 Å². The number of carbonyl (C=O) groups is 2. The van der Waals surface area contributed by atoms with Crippen molar-refractivity contribution in [2.45, 2.75) is 161 Å². The second kappa shape index (κ2) is 37.5. The summed E-state index contributed by atoms with van der Waals surface area (Å²) in [5.74, 6) is -0.883. The van der Waals surface area contributed by atoms with Crippen molar-refractivity contribution in [2.24, 2.45) is 5.73 Å². The van der Waals surface area contributed by atoms with Crippen LogP contribution in [0.4, 0.5) is 0 Å². The van der Waals surface area contributed by atoms with Gasteiger partial charge >= 0.3 is 19.8 Å². The van der Waals surface area contributed by atoms with Gasteiger partial charge in [0.1, 0.15) is 6.61 Å². The molecule has 0 aliphatic rings. The maximum atomic E-state index is 12.5. The number of nitrogens with two attached hydrogens (primary N) is 1. The zero-order valence-electron chi connectivity index (χ0n) is 32.1. The number of hydrogen-bond donors (Lipinski definition) is 2. The van der Waals surface area contributed by atoms with Gasteiger partial charge in [-0.1, -0.05) is 126 Å². The molecule has 0 heterocycles. The fourth-order valence-electron chi connectivity index (χ4n) is 4.89. The Morgan fingerprint density at radius 1 is 0.588 bits per heavy atom. The van der Waals surface area contributed by atoms with Crippen LogP contribution >= 0.6 is 7.82 Å². The standard InChI is InChI=1S/C41H72NO8P/c1-3-5-7-9-11-13-15-16-17-18-19-20-21-22-24-25-27-29-31-33-40(43)47-37-39(38-49-51(45,46)48-36-35-42)50-41(44)34-32-30-28-26-23-14-12-10-8-6-4-2/h10-13,16-17,19-20,22,24,39H,3-9,14-15,18,21,23,25-38,42H2,1-2H3,(H,45,46)/t39-/m1/s1. The smallest absolute Gasteiger partial charge is 0.462 e. The monoisotopic (exact) mass is 737 g/mol. The first-order valence-electron chi connectivity index (χ1n) is 19.8. The number of phosphoric acid groups is 1. The summed E-state index contributed by atoms with van der Waals surface area (Å²) in [7, 11) is -4.38. The highest BCUT2D eigenvalue weighted by atomic mass is 31.2. The minimum absolute atomic E-state index is 0.0448. The predicted octanol–water partition coefficient (Wildman–Crippen LogP) is 10.9. The van der Waals surface area contributed by atoms with Crippen molar-refractivity contribution in [3.05, 3.63) is 60.8 Å². The van der Waals surface area contributed by atoms with E-state index in [4.69, 9.17) is 24.3 Å². The Hall–Kier alpha value is -2.29. The van der Waals surface area contributed by atoms with Crippen molar-refractivity contribution in [3.63, 3.8) is 0 Å². The highest BCUT2D eigenvalue weighted by Gasteiger charge is 2.25. The molecule has 0 amide bonds. The molecule has 0 aliphatic carbocycles. The van der Waals surface area contributed by atoms with E-state index < -0.39 is 32.5 Å². The zero-order chi connectivity index (χ0) is 37.5. The molecule has 2 atom stereocenters. The van der Waals surface area contributed by atoms with Gasteiger partial charge in [0.15, 0.2) is 6.10 Å². The van der Waals surface area contributed by atoms with Crippen LogP contribution in [0.3, 0.4) is 0 Å². The van der Waals surface area contributed by atoms with E-state index in [0.29, 0.717) is 12.8 Å². The molecule has 294 valence electrons. The Kier molecular flexibility index (Phi) is 35.8. The van der Waals surface area contributed by atoms with Gasteiger partial charge < -0.3 is 20.1 Å². The largest absolute Gasteiger partial charge is 0.472 e. The predicted molar refractivity (Wildman–Crippen MR) is 210 cm³/mol. The molecule has 10 heteroatoms. The lowest BCUT2D eigenvalue weighted by atomic mass is 10.1. The lowest BCUT2D eigenvalue weighted by Crippen LogP contribution is -2.29. The fraction of sp³-hybridized carbons (Fsp3) is 0.707. The minimum Gasteiger partial charge on any atom is -0.462 e. The third-order valence-corrected chi connectivity index (χ3v) is 8.86. The quantitative estimate of drug-likeness (QED) is 0.0279. The van der Waals surface area contributed by atoms with Crippen molar-refractivity contribution in [1.29, 1.82) is 0 Å². The van der Waals surface area contributed by atoms with E-state index in [1.54, 1.807) is 0 Å². The molecule has 0 saturated carbocycles. The van der Waals surface area contributed by atoms with Crippen LogP contribution in [-0.2, 0) is 32.7 Å². The topological polar surface area (TPSA) is 134 Å². The number of esters is 2. The summed E-state index contributed by atoms with van der Waals surface area (Å²) in [6.45, 7) is 3.59. The van der Waals surface area contributed by atoms with Gasteiger partial charge in [0.05, 0.1) is 13.2 Å². The summed E-state index contributed by atoms with van der Waals surface area (Å²) >= 11 is 0. The molecule has 0 radical (unpaired) electrons. The summed E-state index contributed by atoms with van der Waals surface area (Å²) in [6, 6.07) is 0. The number of hydrogen-bond acceptors (Lipinski definition) is 8. The number of ether oxygens (including phenoxy) is 2. The molecule has 0 fully saturated rings. The first-order chi connectivity index (χ1) is 24.8. The Bertz CT molecular complexity index is 1020. The average Bonchev–Trinajstić information content (AvgIpc) is 3.11. The fourth-order valence-corrected chi connectivity index (χ4v) is 5.66. The van der Waals surface area contributed by atoms with Gasteiger partial charge in [-0.05, 0) is 77.0 Å². The van der Waals surface area contributed by atoms with Crippen LogP contribution < -0.4 is 5.73 Å². The second-order valence-corrected chi connectivity index (χ2v) is 14.2. The first-order valence-corrected chi connectivity index (χ1v) is 21.3. The number of rotatable bonds is 36. The van der Waals surface area contributed by atoms with Crippen molar-refractivity contribution in [3.8, 4) is 0 Å². The summed E-state index contributed by atoms with van der Waals surface area (Å²) in [5.41, 5.74) is 5.33. The van der Waals surface area contributed by atoms with E-state index >= 15 is 0 Å². The van der Waals surface area contributed by atoms with Gasteiger partial charge in [-0.2, -0.15) is 0 Å². The van der Waals surface area contributed by atoms with Crippen molar-refractivity contribution < 1.29 is 37.6 Å². The van der Waals surface area contributed by atoms with Crippen LogP contribution in [0, 0.1) is 0 Å². The highest BCUT2D eigenvalue weighted by Crippen LogP contribution is 2.43. The van der Waals surface area contributed by atoms with Gasteiger partial charge in [-0.3, -0.25) is 18.6 Å². The van der Waals surface area contributed by atoms with Crippen LogP contribution in [0.25, 0.3) is 0 Å². The molecular formula is C41H72NO8P. The first kappa shape index (κ1) is 48.7. The van der Waals surface area contributed by atoms with E-state index in [9.17, 15) is 19.0 Å². The molecule has 0 aromatic carbocycles. The van der Waals surface area contributed by atoms with Gasteiger partial charge in [0.2, 0.25) is 0 Å². The molecule has 0 bridgehead atoms. The molecule has 1 unspecified atom stereocenters. The molecule has 0 aromatic heterocycles. The lowest BCUT2D eigenvalue weighted by molar-refractivity contribution is -0.161. The molecule has 51 heavy (non-hydrogen) atoms. The Balaban J connectivity index is 4.26. The average molecular weight is 738 g/mol. The van der Waals surface area contributed by atoms with Gasteiger partial charge in [-0.25, -0.2) is 4.57 Å². The van der Waals surface area contributed by atoms with E-state index in [-0.39, 0.29) is 32.6 Å². The zero-order valence-corrected chi connectivity index (χ0v) is 33.0. The van der Waals surface area contributed by atoms with Gasteiger partial charge in [0, 0.05) is 19.4 Å². The van der Waals surface area contributed by atoms with Crippen molar-refractivity contribution in [1.82, 2.24) is 0 Å². The van der Waals surface area contributed by atoms with E-state index in [0.717, 1.165) is 77.0 Å². The Morgan fingerprint density at radius 3 is 1.61 bits per heavy atom. The number of allylic oxidation sites excluding steroid dienone is 10. The number of carbonyl (C=O) groups excluding carboxylic acids is 2. The summed E-state index contributed by atoms with van der Waals surface area (Å²) < 4.78 is 32.6. The second-order valence-electron chi connectivity index (χ2n) is 12.8. The maximum Gasteiger partial charge on any atom is 0.472 e. The summed E-state index contributed by atoms with van der Waals surface area (Å²) in [4.78, 5) is 34.7. The molecule has 0 rings (SSSR count). The van der Waals surface area contributed by atoms with Crippen LogP contribution in [0.2, 0.25) is 0 Å². The molecule has 0 spiro atoms. The van der Waals surface area contributed by atoms with Crippen LogP contribution in [0.1, 0.15) is 155 Å². The normalized spacial score (nSPS) is 14.0. The third kappa shape index (κ3) is 37.3. The number of unbranched alkanes of at least 4 members (excludes halogenated alkanes) is 13. The van der Waals surface area contributed by atoms with E-state index in [1.165, 1.54) is 38.5 Å². The molecule has 0 saturated heterocycles. The molecule has 9 nitrogen and oxygen atoms in total. The Labute approximate surface area is 310 Å². The van der Waals surface area contributed by atoms with Gasteiger partial charge in [0.25, 0.3) is 0 Å². The van der Waals surface area contributed by atoms with Gasteiger partial charge in [-0.15, -0.1) is 0 Å². The SMILES string of the molecule is CCCCC=CCCCCCCCC(=O)O[C@H](COC(=O)CCCCCC=CCC=CCC=CCC=CCCCCC)COP(=O)(O)OCCN. The summed E-state index contributed by atoms with van der Waals surface area (Å²) in [5, 5.41) is 0. The number of phosphoric ester groups is 1. The molecular weight excluding hydrogens is 665 g/mol. The van der Waals surface area contributed by atoms with Crippen molar-refractivity contribution >= 4 is 19.8 Å². The molecule has 0 aliphatic heterocycles. The maximum absolute atomic E-state index is 12.5. The minimum atomic E-state index is -4.38. The highest BCUT2D eigenvalue weighted by molar-refractivity contribution is 7.47. The Morgan fingerprint density at radius 2 is 1.04 bits per heavy atom. The van der Waals surface area contributed by atoms with Crippen LogP contribution in [0.15, 0.2) is 60.8 Å². The molecule has 3 N–H and O–H groups in total. The molecule has 0 aromatic rings. The van der Waals surface area contributed by atoms with Crippen molar-refractivity contribution in [2.75, 3.05) is 26.4 Å². The van der Waals surface area contributed by atoms with Crippen LogP contribution in [-0.4, -0.2) is 49.3 Å². The third-order valence-electron chi connectivity index (χ3n) is 7.88. The van der Waals surface area contributed by atoms with E-state index in [1.807, 2.05) is 0 Å². The van der Waals surface area contributed by atoms with Crippen LogP contribution in [0.5, 0.6) is 0 Å². The lowest BCUT2D eigenvalue weighted by Gasteiger charge is -2.19.